The summed E-state index contributed by atoms with van der Waals surface area (Å²) < 4.78 is 36.8. The minimum atomic E-state index is -3.78. The van der Waals surface area contributed by atoms with Crippen LogP contribution in [0.2, 0.25) is 0 Å². The van der Waals surface area contributed by atoms with Crippen LogP contribution in [0.4, 0.5) is 0 Å². The fraction of sp³-hybridized carbons (Fsp3) is 0.529. The summed E-state index contributed by atoms with van der Waals surface area (Å²) in [4.78, 5) is 25.6. The number of rotatable bonds is 7. The van der Waals surface area contributed by atoms with Crippen molar-refractivity contribution in [2.45, 2.75) is 24.7 Å². The van der Waals surface area contributed by atoms with E-state index in [0.717, 1.165) is 0 Å². The lowest BCUT2D eigenvalue weighted by Crippen LogP contribution is -2.45. The highest BCUT2D eigenvalue weighted by Gasteiger charge is 2.28. The molecule has 1 saturated heterocycles. The van der Waals surface area contributed by atoms with Crippen molar-refractivity contribution in [3.8, 4) is 5.75 Å². The number of carbonyl (C=O) groups excluding carboxylic acids is 2. The minimum Gasteiger partial charge on any atom is -0.497 e. The fourth-order valence-electron chi connectivity index (χ4n) is 2.73. The third-order valence-corrected chi connectivity index (χ3v) is 5.67. The maximum absolute atomic E-state index is 12.2. The molecule has 1 aromatic carbocycles. The van der Waals surface area contributed by atoms with Crippen molar-refractivity contribution >= 4 is 21.9 Å². The number of amides is 1. The van der Waals surface area contributed by atoms with Gasteiger partial charge in [0.2, 0.25) is 15.9 Å². The lowest BCUT2D eigenvalue weighted by Gasteiger charge is -2.30. The van der Waals surface area contributed by atoms with Gasteiger partial charge in [-0.2, -0.15) is 0 Å². The Kier molecular flexibility index (Phi) is 6.98. The van der Waals surface area contributed by atoms with Gasteiger partial charge < -0.3 is 14.4 Å². The van der Waals surface area contributed by atoms with E-state index in [-0.39, 0.29) is 29.2 Å². The third kappa shape index (κ3) is 5.18. The lowest BCUT2D eigenvalue weighted by atomic mass is 9.97. The van der Waals surface area contributed by atoms with Crippen molar-refractivity contribution in [1.29, 1.82) is 0 Å². The smallest absolute Gasteiger partial charge is 0.309 e. The Morgan fingerprint density at radius 2 is 1.81 bits per heavy atom. The molecule has 0 saturated carbocycles. The molecule has 144 valence electrons. The fourth-order valence-corrected chi connectivity index (χ4v) is 3.71. The highest BCUT2D eigenvalue weighted by Crippen LogP contribution is 2.19. The monoisotopic (exact) mass is 384 g/mol. The molecule has 1 heterocycles. The Hall–Kier alpha value is -2.13. The summed E-state index contributed by atoms with van der Waals surface area (Å²) in [5.74, 6) is -0.205. The molecular weight excluding hydrogens is 360 g/mol. The Morgan fingerprint density at radius 1 is 1.19 bits per heavy atom. The number of methoxy groups -OCH3 is 1. The number of carbonyl (C=O) groups is 2. The van der Waals surface area contributed by atoms with Crippen LogP contribution in [-0.4, -0.2) is 58.5 Å². The lowest BCUT2D eigenvalue weighted by molar-refractivity contribution is -0.151. The molecule has 0 bridgehead atoms. The van der Waals surface area contributed by atoms with Crippen LogP contribution in [0.1, 0.15) is 19.8 Å². The van der Waals surface area contributed by atoms with Crippen LogP contribution in [0, 0.1) is 5.92 Å². The Bertz CT molecular complexity index is 724. The molecule has 0 radical (unpaired) electrons. The van der Waals surface area contributed by atoms with E-state index in [1.165, 1.54) is 31.4 Å². The van der Waals surface area contributed by atoms with E-state index >= 15 is 0 Å². The van der Waals surface area contributed by atoms with E-state index < -0.39 is 10.0 Å². The first-order valence-corrected chi connectivity index (χ1v) is 9.93. The summed E-state index contributed by atoms with van der Waals surface area (Å²) in [6.45, 7) is 2.59. The number of esters is 1. The van der Waals surface area contributed by atoms with Crippen molar-refractivity contribution in [2.75, 3.05) is 33.4 Å². The zero-order valence-electron chi connectivity index (χ0n) is 14.9. The van der Waals surface area contributed by atoms with E-state index in [2.05, 4.69) is 4.72 Å². The number of nitrogens with one attached hydrogen (secondary N) is 1. The van der Waals surface area contributed by atoms with E-state index in [0.29, 0.717) is 38.3 Å². The van der Waals surface area contributed by atoms with E-state index in [4.69, 9.17) is 9.47 Å². The van der Waals surface area contributed by atoms with Crippen LogP contribution in [0.5, 0.6) is 5.75 Å². The average Bonchev–Trinajstić information content (AvgIpc) is 2.66. The maximum atomic E-state index is 12.2. The molecule has 26 heavy (non-hydrogen) atoms. The number of hydrogen-bond donors (Lipinski definition) is 1. The summed E-state index contributed by atoms with van der Waals surface area (Å²) in [6.07, 6.45) is 1.05. The molecule has 9 heteroatoms. The highest BCUT2D eigenvalue weighted by molar-refractivity contribution is 7.89. The molecule has 0 spiro atoms. The second-order valence-corrected chi connectivity index (χ2v) is 7.67. The largest absolute Gasteiger partial charge is 0.497 e. The Balaban J connectivity index is 1.85. The SMILES string of the molecule is CCOC(=O)C1CCN(C(=O)CNS(=O)(=O)c2ccc(OC)cc2)CC1. The predicted octanol–water partition coefficient (Wildman–Crippen LogP) is 0.775. The summed E-state index contributed by atoms with van der Waals surface area (Å²) >= 11 is 0. The van der Waals surface area contributed by atoms with Crippen molar-refractivity contribution < 1.29 is 27.5 Å². The number of likely N-dealkylation sites (tertiary alicyclic amines) is 1. The molecular formula is C17H24N2O6S. The first kappa shape index (κ1) is 20.2. The molecule has 0 atom stereocenters. The second-order valence-electron chi connectivity index (χ2n) is 5.91. The average molecular weight is 384 g/mol. The van der Waals surface area contributed by atoms with Gasteiger partial charge in [-0.15, -0.1) is 0 Å². The van der Waals surface area contributed by atoms with Crippen LogP contribution < -0.4 is 9.46 Å². The van der Waals surface area contributed by atoms with Gasteiger partial charge in [0.15, 0.2) is 0 Å². The van der Waals surface area contributed by atoms with Gasteiger partial charge in [-0.3, -0.25) is 9.59 Å². The van der Waals surface area contributed by atoms with Crippen LogP contribution in [-0.2, 0) is 24.3 Å². The van der Waals surface area contributed by atoms with Gasteiger partial charge in [-0.1, -0.05) is 0 Å². The summed E-state index contributed by atoms with van der Waals surface area (Å²) in [5.41, 5.74) is 0. The summed E-state index contributed by atoms with van der Waals surface area (Å²) in [7, 11) is -2.29. The summed E-state index contributed by atoms with van der Waals surface area (Å²) in [6, 6.07) is 5.90. The molecule has 1 aliphatic rings. The first-order chi connectivity index (χ1) is 12.4. The molecule has 0 aliphatic carbocycles. The quantitative estimate of drug-likeness (QED) is 0.697. The molecule has 1 N–H and O–H groups in total. The second kappa shape index (κ2) is 9.00. The third-order valence-electron chi connectivity index (χ3n) is 4.25. The molecule has 1 aromatic rings. The van der Waals surface area contributed by atoms with Crippen molar-refractivity contribution in [1.82, 2.24) is 9.62 Å². The Labute approximate surface area is 153 Å². The van der Waals surface area contributed by atoms with E-state index in [1.807, 2.05) is 0 Å². The maximum Gasteiger partial charge on any atom is 0.309 e. The van der Waals surface area contributed by atoms with Gasteiger partial charge in [0.25, 0.3) is 0 Å². The van der Waals surface area contributed by atoms with Gasteiger partial charge in [-0.25, -0.2) is 13.1 Å². The standard InChI is InChI=1S/C17H24N2O6S/c1-3-25-17(21)13-8-10-19(11-9-13)16(20)12-18-26(22,23)15-6-4-14(24-2)5-7-15/h4-7,13,18H,3,8-12H2,1-2H3. The van der Waals surface area contributed by atoms with Gasteiger partial charge in [-0.05, 0) is 44.0 Å². The molecule has 1 fully saturated rings. The first-order valence-electron chi connectivity index (χ1n) is 8.45. The highest BCUT2D eigenvalue weighted by atomic mass is 32.2. The summed E-state index contributed by atoms with van der Waals surface area (Å²) in [5, 5.41) is 0. The number of nitrogens with zero attached hydrogens (tertiary/aromatic N) is 1. The number of piperidine rings is 1. The molecule has 8 nitrogen and oxygen atoms in total. The number of benzene rings is 1. The molecule has 0 unspecified atom stereocenters. The molecule has 1 aliphatic heterocycles. The van der Waals surface area contributed by atoms with Crippen LogP contribution in [0.15, 0.2) is 29.2 Å². The van der Waals surface area contributed by atoms with Gasteiger partial charge in [0.1, 0.15) is 5.75 Å². The van der Waals surface area contributed by atoms with Crippen LogP contribution in [0.25, 0.3) is 0 Å². The van der Waals surface area contributed by atoms with Gasteiger partial charge in [0, 0.05) is 13.1 Å². The molecule has 1 amide bonds. The van der Waals surface area contributed by atoms with E-state index in [1.54, 1.807) is 11.8 Å². The number of ether oxygens (including phenoxy) is 2. The zero-order valence-corrected chi connectivity index (χ0v) is 15.8. The predicted molar refractivity (Wildman–Crippen MR) is 94.1 cm³/mol. The van der Waals surface area contributed by atoms with Crippen molar-refractivity contribution in [3.05, 3.63) is 24.3 Å². The number of hydrogen-bond acceptors (Lipinski definition) is 6. The van der Waals surface area contributed by atoms with Crippen LogP contribution >= 0.6 is 0 Å². The van der Waals surface area contributed by atoms with Crippen molar-refractivity contribution in [2.24, 2.45) is 5.92 Å². The zero-order chi connectivity index (χ0) is 19.2. The normalized spacial score (nSPS) is 15.5. The van der Waals surface area contributed by atoms with Gasteiger partial charge in [0.05, 0.1) is 31.1 Å². The van der Waals surface area contributed by atoms with Gasteiger partial charge >= 0.3 is 5.97 Å². The molecule has 2 rings (SSSR count). The van der Waals surface area contributed by atoms with Crippen molar-refractivity contribution in [3.63, 3.8) is 0 Å². The van der Waals surface area contributed by atoms with E-state index in [9.17, 15) is 18.0 Å². The molecule has 0 aromatic heterocycles. The topological polar surface area (TPSA) is 102 Å². The number of sulfonamides is 1. The minimum absolute atomic E-state index is 0.0621. The Morgan fingerprint density at radius 3 is 2.35 bits per heavy atom. The van der Waals surface area contributed by atoms with Crippen LogP contribution in [0.3, 0.4) is 0 Å².